The molecule has 2 N–H and O–H groups in total. The number of aromatic nitrogens is 4. The lowest BCUT2D eigenvalue weighted by atomic mass is 9.97. The fraction of sp³-hybridized carbons (Fsp3) is 0.429. The number of aromatic amines is 1. The van der Waals surface area contributed by atoms with E-state index in [0.717, 1.165) is 18.6 Å². The Balaban J connectivity index is 1.34. The second-order valence-electron chi connectivity index (χ2n) is 10.0. The maximum absolute atomic E-state index is 13.3. The van der Waals surface area contributed by atoms with E-state index in [4.69, 9.17) is 10.00 Å². The van der Waals surface area contributed by atoms with Crippen LogP contribution in [0, 0.1) is 17.2 Å². The van der Waals surface area contributed by atoms with Crippen molar-refractivity contribution in [2.75, 3.05) is 13.1 Å². The van der Waals surface area contributed by atoms with Crippen LogP contribution in [0.1, 0.15) is 55.8 Å². The second-order valence-corrected chi connectivity index (χ2v) is 10.0. The lowest BCUT2D eigenvalue weighted by Gasteiger charge is -2.32. The van der Waals surface area contributed by atoms with E-state index in [0.29, 0.717) is 54.1 Å². The van der Waals surface area contributed by atoms with E-state index in [1.165, 1.54) is 19.0 Å². The number of piperidine rings is 1. The Morgan fingerprint density at radius 1 is 1.21 bits per heavy atom. The van der Waals surface area contributed by atoms with Gasteiger partial charge in [0.2, 0.25) is 5.91 Å². The van der Waals surface area contributed by atoms with Gasteiger partial charge in [0.15, 0.2) is 5.65 Å². The highest BCUT2D eigenvalue weighted by Gasteiger charge is 2.31. The van der Waals surface area contributed by atoms with E-state index in [2.05, 4.69) is 37.9 Å². The number of amides is 2. The van der Waals surface area contributed by atoms with Crippen LogP contribution in [0.15, 0.2) is 42.9 Å². The number of hydrogen-bond donors (Lipinski definition) is 2. The van der Waals surface area contributed by atoms with E-state index >= 15 is 0 Å². The predicted molar refractivity (Wildman–Crippen MR) is 141 cm³/mol. The SMILES string of the molecule is C=C(C)[C@@H](NC(=O)c1c[nH]c2ncc(-c3cc(OC4CCCC4)ccn3)nc12)C(=O)N1CCC(C#N)CC1. The first-order valence-electron chi connectivity index (χ1n) is 13.0. The number of hydrogen-bond acceptors (Lipinski definition) is 7. The van der Waals surface area contributed by atoms with Gasteiger partial charge in [-0.3, -0.25) is 14.6 Å². The molecule has 1 aliphatic heterocycles. The molecule has 3 aromatic rings. The smallest absolute Gasteiger partial charge is 0.256 e. The molecule has 5 rings (SSSR count). The third kappa shape index (κ3) is 5.37. The van der Waals surface area contributed by atoms with Crippen LogP contribution >= 0.6 is 0 Å². The molecule has 0 radical (unpaired) electrons. The van der Waals surface area contributed by atoms with Crippen LogP contribution in [0.3, 0.4) is 0 Å². The highest BCUT2D eigenvalue weighted by atomic mass is 16.5. The van der Waals surface area contributed by atoms with Crippen LogP contribution in [0.2, 0.25) is 0 Å². The van der Waals surface area contributed by atoms with E-state index in [9.17, 15) is 9.59 Å². The van der Waals surface area contributed by atoms with Crippen molar-refractivity contribution in [2.24, 2.45) is 5.92 Å². The molecular formula is C28H31N7O3. The molecule has 4 heterocycles. The number of carbonyl (C=O) groups is 2. The number of fused-ring (bicyclic) bond motifs is 1. The van der Waals surface area contributed by atoms with Gasteiger partial charge in [-0.1, -0.05) is 6.58 Å². The van der Waals surface area contributed by atoms with Crippen LogP contribution in [-0.4, -0.2) is 61.9 Å². The Hall–Kier alpha value is -4.26. The molecule has 1 saturated carbocycles. The van der Waals surface area contributed by atoms with Crippen molar-refractivity contribution in [3.63, 3.8) is 0 Å². The standard InChI is InChI=1S/C28H31N7O3/c1-17(2)24(28(37)35-11-8-18(14-29)9-12-35)34-27(36)21-15-31-26-25(21)33-23(16-32-26)22-13-20(7-10-30-22)38-19-5-3-4-6-19/h7,10,13,15-16,18-19,24H,1,3-6,8-9,11-12H2,2H3,(H,31,32)(H,34,36)/t24-/m1/s1. The fourth-order valence-electron chi connectivity index (χ4n) is 5.03. The number of pyridine rings is 1. The minimum Gasteiger partial charge on any atom is -0.490 e. The highest BCUT2D eigenvalue weighted by molar-refractivity contribution is 6.06. The third-order valence-corrected chi connectivity index (χ3v) is 7.23. The molecule has 0 aromatic carbocycles. The summed E-state index contributed by atoms with van der Waals surface area (Å²) in [6, 6.07) is 5.06. The maximum Gasteiger partial charge on any atom is 0.256 e. The van der Waals surface area contributed by atoms with E-state index in [1.54, 1.807) is 24.2 Å². The Kier molecular flexibility index (Phi) is 7.36. The molecule has 10 nitrogen and oxygen atoms in total. The maximum atomic E-state index is 13.3. The van der Waals surface area contributed by atoms with Crippen molar-refractivity contribution in [3.05, 3.63) is 48.4 Å². The van der Waals surface area contributed by atoms with Gasteiger partial charge in [-0.25, -0.2) is 9.97 Å². The molecule has 1 saturated heterocycles. The molecule has 0 bridgehead atoms. The lowest BCUT2D eigenvalue weighted by Crippen LogP contribution is -2.51. The molecule has 0 spiro atoms. The summed E-state index contributed by atoms with van der Waals surface area (Å²) in [4.78, 5) is 44.8. The Labute approximate surface area is 221 Å². The van der Waals surface area contributed by atoms with Crippen molar-refractivity contribution in [3.8, 4) is 23.2 Å². The number of rotatable bonds is 7. The number of H-pyrrole nitrogens is 1. The third-order valence-electron chi connectivity index (χ3n) is 7.23. The van der Waals surface area contributed by atoms with Crippen LogP contribution in [0.4, 0.5) is 0 Å². The van der Waals surface area contributed by atoms with Gasteiger partial charge in [-0.2, -0.15) is 5.26 Å². The first kappa shape index (κ1) is 25.4. The molecule has 196 valence electrons. The lowest BCUT2D eigenvalue weighted by molar-refractivity contribution is -0.133. The quantitative estimate of drug-likeness (QED) is 0.459. The highest BCUT2D eigenvalue weighted by Crippen LogP contribution is 2.27. The Morgan fingerprint density at radius 2 is 1.97 bits per heavy atom. The van der Waals surface area contributed by atoms with E-state index in [-0.39, 0.29) is 23.5 Å². The average Bonchev–Trinajstić information content (AvgIpc) is 3.61. The number of ether oxygens (including phenoxy) is 1. The minimum atomic E-state index is -0.881. The molecule has 2 amide bonds. The molecule has 3 aromatic heterocycles. The number of nitrogens with zero attached hydrogens (tertiary/aromatic N) is 5. The van der Waals surface area contributed by atoms with E-state index in [1.807, 2.05) is 12.1 Å². The first-order chi connectivity index (χ1) is 18.4. The second kappa shape index (κ2) is 11.0. The van der Waals surface area contributed by atoms with Crippen molar-refractivity contribution >= 4 is 23.0 Å². The topological polar surface area (TPSA) is 137 Å². The molecule has 38 heavy (non-hydrogen) atoms. The minimum absolute atomic E-state index is 0.0413. The summed E-state index contributed by atoms with van der Waals surface area (Å²) in [6.45, 7) is 6.60. The summed E-state index contributed by atoms with van der Waals surface area (Å²) in [5, 5.41) is 12.0. The van der Waals surface area contributed by atoms with Crippen LogP contribution in [0.5, 0.6) is 5.75 Å². The van der Waals surface area contributed by atoms with Gasteiger partial charge in [-0.15, -0.1) is 0 Å². The monoisotopic (exact) mass is 513 g/mol. The predicted octanol–water partition coefficient (Wildman–Crippen LogP) is 3.78. The van der Waals surface area contributed by atoms with E-state index < -0.39 is 11.9 Å². The zero-order valence-corrected chi connectivity index (χ0v) is 21.4. The summed E-state index contributed by atoms with van der Waals surface area (Å²) in [7, 11) is 0. The molecule has 2 aliphatic rings. The summed E-state index contributed by atoms with van der Waals surface area (Å²) in [5.41, 5.74) is 2.74. The van der Waals surface area contributed by atoms with Crippen LogP contribution in [-0.2, 0) is 4.79 Å². The summed E-state index contributed by atoms with van der Waals surface area (Å²) >= 11 is 0. The van der Waals surface area contributed by atoms with Gasteiger partial charge in [0.25, 0.3) is 5.91 Å². The molecule has 0 unspecified atom stereocenters. The van der Waals surface area contributed by atoms with Crippen LogP contribution < -0.4 is 10.1 Å². The zero-order chi connectivity index (χ0) is 26.6. The van der Waals surface area contributed by atoms with Crippen molar-refractivity contribution in [1.82, 2.24) is 30.2 Å². The Bertz CT molecular complexity index is 1390. The zero-order valence-electron chi connectivity index (χ0n) is 21.4. The molecule has 2 fully saturated rings. The van der Waals surface area contributed by atoms with Crippen molar-refractivity contribution in [2.45, 2.75) is 57.6 Å². The molecule has 1 atom stereocenters. The van der Waals surface area contributed by atoms with Gasteiger partial charge in [0, 0.05) is 37.5 Å². The van der Waals surface area contributed by atoms with Gasteiger partial charge < -0.3 is 19.9 Å². The molecule has 1 aliphatic carbocycles. The summed E-state index contributed by atoms with van der Waals surface area (Å²) < 4.78 is 6.10. The molecule has 10 heteroatoms. The van der Waals surface area contributed by atoms with Gasteiger partial charge >= 0.3 is 0 Å². The largest absolute Gasteiger partial charge is 0.490 e. The number of likely N-dealkylation sites (tertiary alicyclic amines) is 1. The van der Waals surface area contributed by atoms with Gasteiger partial charge in [0.05, 0.1) is 29.6 Å². The normalized spacial score (nSPS) is 17.2. The van der Waals surface area contributed by atoms with Crippen LogP contribution in [0.25, 0.3) is 22.6 Å². The fourth-order valence-corrected chi connectivity index (χ4v) is 5.03. The van der Waals surface area contributed by atoms with Gasteiger partial charge in [-0.05, 0) is 57.1 Å². The summed E-state index contributed by atoms with van der Waals surface area (Å²) in [6.07, 6.45) is 10.8. The Morgan fingerprint density at radius 3 is 2.68 bits per heavy atom. The number of nitrogens with one attached hydrogen (secondary N) is 2. The number of nitriles is 1. The summed E-state index contributed by atoms with van der Waals surface area (Å²) in [5.74, 6) is 0.0113. The van der Waals surface area contributed by atoms with Crippen molar-refractivity contribution < 1.29 is 14.3 Å². The molecular weight excluding hydrogens is 482 g/mol. The first-order valence-corrected chi connectivity index (χ1v) is 13.0. The van der Waals surface area contributed by atoms with Gasteiger partial charge in [0.1, 0.15) is 23.0 Å². The number of carbonyl (C=O) groups excluding carboxylic acids is 2. The van der Waals surface area contributed by atoms with Crippen molar-refractivity contribution in [1.29, 1.82) is 5.26 Å². The average molecular weight is 514 g/mol.